The second-order valence-electron chi connectivity index (χ2n) is 5.62. The van der Waals surface area contributed by atoms with E-state index >= 15 is 0 Å². The summed E-state index contributed by atoms with van der Waals surface area (Å²) in [5.41, 5.74) is 1.00. The summed E-state index contributed by atoms with van der Waals surface area (Å²) in [4.78, 5) is 27.2. The fourth-order valence-corrected chi connectivity index (χ4v) is 4.00. The molecule has 1 atom stereocenters. The molecule has 3 rings (SSSR count). The highest BCUT2D eigenvalue weighted by atomic mass is 32.2. The number of nitrogens with zero attached hydrogens (tertiary/aromatic N) is 1. The van der Waals surface area contributed by atoms with E-state index in [-0.39, 0.29) is 11.3 Å². The lowest BCUT2D eigenvalue weighted by molar-refractivity contribution is -0.119. The molecular weight excluding hydrogens is 318 g/mol. The molecule has 1 aliphatic rings. The lowest BCUT2D eigenvalue weighted by atomic mass is 10.1. The number of sulfonamides is 1. The standard InChI is InChI=1S/C15H17N3O4S/c1-23(21,22)18-8-2-3-13(18)15(20)17-10-4-5-12-11(9-10)14(19)6-7-16-12/h4-7,9,13H,2-3,8H2,1H3,(H,16,19)(H,17,20). The number of anilines is 1. The number of carbonyl (C=O) groups is 1. The number of fused-ring (bicyclic) bond motifs is 1. The van der Waals surface area contributed by atoms with Gasteiger partial charge in [-0.3, -0.25) is 9.59 Å². The van der Waals surface area contributed by atoms with Gasteiger partial charge in [-0.25, -0.2) is 8.42 Å². The summed E-state index contributed by atoms with van der Waals surface area (Å²) < 4.78 is 24.7. The van der Waals surface area contributed by atoms with Crippen molar-refractivity contribution in [2.75, 3.05) is 18.1 Å². The van der Waals surface area contributed by atoms with E-state index in [0.717, 1.165) is 6.26 Å². The minimum atomic E-state index is -3.41. The highest BCUT2D eigenvalue weighted by Crippen LogP contribution is 2.22. The molecule has 122 valence electrons. The molecule has 2 N–H and O–H groups in total. The number of pyridine rings is 1. The third kappa shape index (κ3) is 3.13. The molecule has 8 heteroatoms. The first-order chi connectivity index (χ1) is 10.9. The Hall–Kier alpha value is -2.19. The summed E-state index contributed by atoms with van der Waals surface area (Å²) in [7, 11) is -3.41. The number of hydrogen-bond acceptors (Lipinski definition) is 4. The van der Waals surface area contributed by atoms with Gasteiger partial charge in [0.15, 0.2) is 5.43 Å². The minimum absolute atomic E-state index is 0.145. The lowest BCUT2D eigenvalue weighted by Gasteiger charge is -2.21. The van der Waals surface area contributed by atoms with Crippen LogP contribution in [0.1, 0.15) is 12.8 Å². The van der Waals surface area contributed by atoms with Crippen LogP contribution in [0.3, 0.4) is 0 Å². The van der Waals surface area contributed by atoms with E-state index in [2.05, 4.69) is 10.3 Å². The molecule has 1 amide bonds. The maximum atomic E-state index is 12.4. The Kier molecular flexibility index (Phi) is 3.95. The van der Waals surface area contributed by atoms with Gasteiger partial charge in [-0.1, -0.05) is 0 Å². The number of H-pyrrole nitrogens is 1. The Labute approximate surface area is 133 Å². The molecule has 1 aliphatic heterocycles. The van der Waals surface area contributed by atoms with Crippen molar-refractivity contribution in [2.45, 2.75) is 18.9 Å². The van der Waals surface area contributed by atoms with Crippen molar-refractivity contribution in [1.29, 1.82) is 0 Å². The van der Waals surface area contributed by atoms with E-state index in [1.54, 1.807) is 24.4 Å². The van der Waals surface area contributed by atoms with Crippen LogP contribution in [0.15, 0.2) is 35.3 Å². The lowest BCUT2D eigenvalue weighted by Crippen LogP contribution is -2.42. The second-order valence-corrected chi connectivity index (χ2v) is 7.56. The van der Waals surface area contributed by atoms with Crippen LogP contribution in [0.5, 0.6) is 0 Å². The van der Waals surface area contributed by atoms with Crippen molar-refractivity contribution in [1.82, 2.24) is 9.29 Å². The summed E-state index contributed by atoms with van der Waals surface area (Å²) >= 11 is 0. The summed E-state index contributed by atoms with van der Waals surface area (Å²) in [5, 5.41) is 3.18. The van der Waals surface area contributed by atoms with E-state index < -0.39 is 16.1 Å². The highest BCUT2D eigenvalue weighted by molar-refractivity contribution is 7.88. The molecule has 23 heavy (non-hydrogen) atoms. The minimum Gasteiger partial charge on any atom is -0.361 e. The topological polar surface area (TPSA) is 99.3 Å². The fourth-order valence-electron chi connectivity index (χ4n) is 2.87. The smallest absolute Gasteiger partial charge is 0.242 e. The molecule has 7 nitrogen and oxygen atoms in total. The summed E-state index contributed by atoms with van der Waals surface area (Å²) in [6.45, 7) is 0.355. The predicted octanol–water partition coefficient (Wildman–Crippen LogP) is 0.891. The summed E-state index contributed by atoms with van der Waals surface area (Å²) in [6, 6.07) is 5.68. The van der Waals surface area contributed by atoms with Crippen molar-refractivity contribution in [3.05, 3.63) is 40.7 Å². The van der Waals surface area contributed by atoms with Crippen molar-refractivity contribution < 1.29 is 13.2 Å². The van der Waals surface area contributed by atoms with Gasteiger partial charge < -0.3 is 10.3 Å². The largest absolute Gasteiger partial charge is 0.361 e. The third-order valence-corrected chi connectivity index (χ3v) is 5.25. The van der Waals surface area contributed by atoms with E-state index in [4.69, 9.17) is 0 Å². The number of carbonyl (C=O) groups excluding carboxylic acids is 1. The monoisotopic (exact) mass is 335 g/mol. The first-order valence-electron chi connectivity index (χ1n) is 7.25. The normalized spacial score (nSPS) is 19.1. The van der Waals surface area contributed by atoms with Crippen LogP contribution in [0, 0.1) is 0 Å². The maximum Gasteiger partial charge on any atom is 0.242 e. The first-order valence-corrected chi connectivity index (χ1v) is 9.10. The predicted molar refractivity (Wildman–Crippen MR) is 87.8 cm³/mol. The van der Waals surface area contributed by atoms with Crippen molar-refractivity contribution in [3.8, 4) is 0 Å². The fraction of sp³-hybridized carbons (Fsp3) is 0.333. The number of amides is 1. The maximum absolute atomic E-state index is 12.4. The van der Waals surface area contributed by atoms with Gasteiger partial charge >= 0.3 is 0 Å². The summed E-state index contributed by atoms with van der Waals surface area (Å²) in [6.07, 6.45) is 3.81. The number of aromatic amines is 1. The number of aromatic nitrogens is 1. The Bertz CT molecular complexity index is 920. The molecule has 1 saturated heterocycles. The summed E-state index contributed by atoms with van der Waals surface area (Å²) in [5.74, 6) is -0.375. The molecule has 1 aromatic heterocycles. The van der Waals surface area contributed by atoms with Crippen LogP contribution in [0.25, 0.3) is 10.9 Å². The average molecular weight is 335 g/mol. The molecule has 1 fully saturated rings. The Morgan fingerprint density at radius 3 is 2.87 bits per heavy atom. The molecule has 0 bridgehead atoms. The zero-order valence-corrected chi connectivity index (χ0v) is 13.4. The molecule has 0 radical (unpaired) electrons. The number of nitrogens with one attached hydrogen (secondary N) is 2. The Morgan fingerprint density at radius 1 is 1.35 bits per heavy atom. The quantitative estimate of drug-likeness (QED) is 0.870. The van der Waals surface area contributed by atoms with E-state index in [1.165, 1.54) is 10.4 Å². The van der Waals surface area contributed by atoms with Crippen molar-refractivity contribution >= 4 is 32.5 Å². The molecule has 1 unspecified atom stereocenters. The van der Waals surface area contributed by atoms with Crippen LogP contribution < -0.4 is 10.7 Å². The molecular formula is C15H17N3O4S. The van der Waals surface area contributed by atoms with Crippen LogP contribution >= 0.6 is 0 Å². The molecule has 0 aliphatic carbocycles. The van der Waals surface area contributed by atoms with Crippen LogP contribution in [0.2, 0.25) is 0 Å². The number of hydrogen-bond donors (Lipinski definition) is 2. The van der Waals surface area contributed by atoms with Gasteiger partial charge in [-0.2, -0.15) is 4.31 Å². The van der Waals surface area contributed by atoms with E-state index in [1.807, 2.05) is 0 Å². The van der Waals surface area contributed by atoms with Crippen LogP contribution in [-0.4, -0.2) is 42.5 Å². The van der Waals surface area contributed by atoms with Gasteiger partial charge in [0, 0.05) is 35.4 Å². The Morgan fingerprint density at radius 2 is 2.13 bits per heavy atom. The first kappa shape index (κ1) is 15.7. The van der Waals surface area contributed by atoms with Crippen molar-refractivity contribution in [3.63, 3.8) is 0 Å². The molecule has 2 heterocycles. The Balaban J connectivity index is 1.86. The van der Waals surface area contributed by atoms with E-state index in [0.29, 0.717) is 36.0 Å². The van der Waals surface area contributed by atoms with Gasteiger partial charge in [0.2, 0.25) is 15.9 Å². The average Bonchev–Trinajstić information content (AvgIpc) is 2.98. The number of benzene rings is 1. The SMILES string of the molecule is CS(=O)(=O)N1CCCC1C(=O)Nc1ccc2[nH]ccc(=O)c2c1. The van der Waals surface area contributed by atoms with Gasteiger partial charge in [0.1, 0.15) is 6.04 Å². The van der Waals surface area contributed by atoms with E-state index in [9.17, 15) is 18.0 Å². The number of rotatable bonds is 3. The van der Waals surface area contributed by atoms with Crippen molar-refractivity contribution in [2.24, 2.45) is 0 Å². The molecule has 2 aromatic rings. The molecule has 1 aromatic carbocycles. The second kappa shape index (κ2) is 5.78. The van der Waals surface area contributed by atoms with Crippen LogP contribution in [0.4, 0.5) is 5.69 Å². The van der Waals surface area contributed by atoms with Gasteiger partial charge in [-0.05, 0) is 31.0 Å². The highest BCUT2D eigenvalue weighted by Gasteiger charge is 2.36. The third-order valence-electron chi connectivity index (χ3n) is 3.96. The molecule has 0 saturated carbocycles. The molecule has 0 spiro atoms. The zero-order valence-electron chi connectivity index (χ0n) is 12.6. The zero-order chi connectivity index (χ0) is 16.6. The van der Waals surface area contributed by atoms with Gasteiger partial charge in [0.05, 0.1) is 6.26 Å². The van der Waals surface area contributed by atoms with Gasteiger partial charge in [-0.15, -0.1) is 0 Å². The van der Waals surface area contributed by atoms with Gasteiger partial charge in [0.25, 0.3) is 0 Å². The van der Waals surface area contributed by atoms with Crippen LogP contribution in [-0.2, 0) is 14.8 Å².